The highest BCUT2D eigenvalue weighted by Crippen LogP contribution is 2.26. The molecule has 1 heterocycles. The van der Waals surface area contributed by atoms with Crippen molar-refractivity contribution in [3.8, 4) is 0 Å². The number of aromatic nitrogens is 2. The molecule has 0 fully saturated rings. The fourth-order valence-electron chi connectivity index (χ4n) is 5.82. The molecule has 0 radical (unpaired) electrons. The van der Waals surface area contributed by atoms with Crippen molar-refractivity contribution in [1.29, 1.82) is 0 Å². The first-order chi connectivity index (χ1) is 18.3. The molecule has 2 rings (SSSR count). The molecular formula is C35H61N2+. The lowest BCUT2D eigenvalue weighted by Gasteiger charge is -2.14. The fraction of sp³-hybridized carbons (Fsp3) is 0.743. The van der Waals surface area contributed by atoms with Crippen molar-refractivity contribution in [3.05, 3.63) is 54.1 Å². The van der Waals surface area contributed by atoms with Crippen LogP contribution in [0.15, 0.2) is 42.7 Å². The summed E-state index contributed by atoms with van der Waals surface area (Å²) in [5.41, 5.74) is 1.39. The zero-order valence-corrected chi connectivity index (χ0v) is 24.8. The second kappa shape index (κ2) is 22.4. The summed E-state index contributed by atoms with van der Waals surface area (Å²) in [7, 11) is 0. The van der Waals surface area contributed by atoms with Crippen LogP contribution in [-0.4, -0.2) is 4.98 Å². The summed E-state index contributed by atoms with van der Waals surface area (Å²) >= 11 is 0. The monoisotopic (exact) mass is 509 g/mol. The summed E-state index contributed by atoms with van der Waals surface area (Å²) in [6.07, 6.45) is 35.5. The van der Waals surface area contributed by atoms with E-state index in [0.717, 1.165) is 6.54 Å². The van der Waals surface area contributed by atoms with Crippen molar-refractivity contribution in [3.63, 3.8) is 0 Å². The zero-order chi connectivity index (χ0) is 26.2. The van der Waals surface area contributed by atoms with E-state index in [1.807, 2.05) is 0 Å². The summed E-state index contributed by atoms with van der Waals surface area (Å²) in [4.78, 5) is 3.64. The maximum atomic E-state index is 3.64. The van der Waals surface area contributed by atoms with E-state index in [1.165, 1.54) is 153 Å². The first kappa shape index (κ1) is 31.6. The Morgan fingerprint density at radius 2 is 1.00 bits per heavy atom. The van der Waals surface area contributed by atoms with Crippen LogP contribution in [-0.2, 0) is 6.54 Å². The summed E-state index contributed by atoms with van der Waals surface area (Å²) in [6.45, 7) is 5.59. The minimum absolute atomic E-state index is 0.669. The predicted molar refractivity (Wildman–Crippen MR) is 162 cm³/mol. The van der Waals surface area contributed by atoms with Crippen LogP contribution in [0.3, 0.4) is 0 Å². The first-order valence-corrected chi connectivity index (χ1v) is 16.5. The van der Waals surface area contributed by atoms with Gasteiger partial charge in [-0.25, -0.2) is 9.55 Å². The molecule has 2 nitrogen and oxygen atoms in total. The Labute approximate surface area is 231 Å². The molecule has 210 valence electrons. The maximum absolute atomic E-state index is 3.64. The van der Waals surface area contributed by atoms with E-state index in [9.17, 15) is 0 Å². The van der Waals surface area contributed by atoms with Gasteiger partial charge in [-0.05, 0) is 18.4 Å². The molecule has 0 spiro atoms. The summed E-state index contributed by atoms with van der Waals surface area (Å²) in [5.74, 6) is 2.12. The Morgan fingerprint density at radius 1 is 0.568 bits per heavy atom. The third-order valence-electron chi connectivity index (χ3n) is 8.19. The number of imidazole rings is 1. The predicted octanol–water partition coefficient (Wildman–Crippen LogP) is 11.1. The van der Waals surface area contributed by atoms with E-state index in [0.29, 0.717) is 5.92 Å². The molecule has 0 aliphatic carbocycles. The van der Waals surface area contributed by atoms with Gasteiger partial charge in [0.25, 0.3) is 5.82 Å². The SMILES string of the molecule is CCCCCCCCCCCCCCCCC[C@H](CCCCCCC)c1[nH]cc[n+]1Cc1ccccc1. The second-order valence-corrected chi connectivity index (χ2v) is 11.6. The zero-order valence-electron chi connectivity index (χ0n) is 24.8. The number of nitrogens with one attached hydrogen (secondary N) is 1. The number of hydrogen-bond acceptors (Lipinski definition) is 0. The van der Waals surface area contributed by atoms with Gasteiger partial charge in [-0.1, -0.05) is 173 Å². The lowest BCUT2D eigenvalue weighted by Crippen LogP contribution is -2.38. The van der Waals surface area contributed by atoms with Crippen LogP contribution in [0.2, 0.25) is 0 Å². The summed E-state index contributed by atoms with van der Waals surface area (Å²) < 4.78 is 2.47. The molecule has 0 bridgehead atoms. The third-order valence-corrected chi connectivity index (χ3v) is 8.19. The Hall–Kier alpha value is -1.57. The standard InChI is InChI=1S/C35H60N2/c1-3-5-7-9-10-11-12-13-14-15-16-17-18-20-25-29-34(28-24-19-8-6-4-2)35-36-30-31-37(35)32-33-26-22-21-23-27-33/h21-23,26-27,30-31,34H,3-20,24-25,28-29,32H2,1-2H3/p+1/t34-/m0/s1. The number of aromatic amines is 1. The number of rotatable bonds is 25. The number of hydrogen-bond donors (Lipinski definition) is 1. The van der Waals surface area contributed by atoms with Gasteiger partial charge >= 0.3 is 0 Å². The van der Waals surface area contributed by atoms with Gasteiger partial charge < -0.3 is 0 Å². The molecule has 0 unspecified atom stereocenters. The van der Waals surface area contributed by atoms with Crippen molar-refractivity contribution in [2.75, 3.05) is 0 Å². The number of nitrogens with zero attached hydrogens (tertiary/aromatic N) is 1. The van der Waals surface area contributed by atoms with Crippen LogP contribution >= 0.6 is 0 Å². The summed E-state index contributed by atoms with van der Waals surface area (Å²) in [5, 5.41) is 0. The first-order valence-electron chi connectivity index (χ1n) is 16.5. The van der Waals surface area contributed by atoms with E-state index in [2.05, 4.69) is 66.1 Å². The molecule has 2 aromatic rings. The van der Waals surface area contributed by atoms with Gasteiger partial charge in [0.15, 0.2) is 0 Å². The van der Waals surface area contributed by atoms with Crippen LogP contribution in [0.1, 0.15) is 172 Å². The Kier molecular flexibility index (Phi) is 19.2. The molecule has 0 saturated carbocycles. The van der Waals surface area contributed by atoms with Gasteiger partial charge in [-0.3, -0.25) is 0 Å². The minimum Gasteiger partial charge on any atom is -0.247 e. The topological polar surface area (TPSA) is 19.7 Å². The van der Waals surface area contributed by atoms with E-state index in [1.54, 1.807) is 0 Å². The van der Waals surface area contributed by atoms with Crippen molar-refractivity contribution in [1.82, 2.24) is 4.98 Å². The minimum atomic E-state index is 0.669. The molecule has 0 aliphatic rings. The van der Waals surface area contributed by atoms with E-state index < -0.39 is 0 Å². The van der Waals surface area contributed by atoms with Crippen molar-refractivity contribution >= 4 is 0 Å². The number of benzene rings is 1. The molecule has 37 heavy (non-hydrogen) atoms. The second-order valence-electron chi connectivity index (χ2n) is 11.6. The molecule has 0 aliphatic heterocycles. The Morgan fingerprint density at radius 3 is 1.46 bits per heavy atom. The van der Waals surface area contributed by atoms with Crippen LogP contribution in [0, 0.1) is 0 Å². The average Bonchev–Trinajstić information content (AvgIpc) is 3.38. The molecule has 1 atom stereocenters. The van der Waals surface area contributed by atoms with Gasteiger partial charge in [0.1, 0.15) is 18.9 Å². The normalized spacial score (nSPS) is 12.3. The van der Waals surface area contributed by atoms with Crippen LogP contribution in [0.4, 0.5) is 0 Å². The average molecular weight is 510 g/mol. The maximum Gasteiger partial charge on any atom is 0.257 e. The molecule has 2 heteroatoms. The third kappa shape index (κ3) is 15.4. The van der Waals surface area contributed by atoms with Gasteiger partial charge in [0.05, 0.1) is 5.92 Å². The van der Waals surface area contributed by atoms with Gasteiger partial charge in [-0.15, -0.1) is 0 Å². The largest absolute Gasteiger partial charge is 0.257 e. The molecule has 1 aromatic carbocycles. The van der Waals surface area contributed by atoms with E-state index in [4.69, 9.17) is 0 Å². The lowest BCUT2D eigenvalue weighted by molar-refractivity contribution is -0.695. The van der Waals surface area contributed by atoms with Gasteiger partial charge in [0.2, 0.25) is 0 Å². The van der Waals surface area contributed by atoms with Gasteiger partial charge in [0, 0.05) is 0 Å². The van der Waals surface area contributed by atoms with Crippen LogP contribution in [0.5, 0.6) is 0 Å². The smallest absolute Gasteiger partial charge is 0.247 e. The quantitative estimate of drug-likeness (QED) is 0.101. The van der Waals surface area contributed by atoms with Crippen LogP contribution < -0.4 is 4.57 Å². The number of H-pyrrole nitrogens is 1. The lowest BCUT2D eigenvalue weighted by atomic mass is 9.93. The molecule has 0 saturated heterocycles. The van der Waals surface area contributed by atoms with Crippen molar-refractivity contribution in [2.45, 2.75) is 168 Å². The molecule has 1 N–H and O–H groups in total. The fourth-order valence-corrected chi connectivity index (χ4v) is 5.82. The van der Waals surface area contributed by atoms with Crippen LogP contribution in [0.25, 0.3) is 0 Å². The van der Waals surface area contributed by atoms with Gasteiger partial charge in [-0.2, -0.15) is 0 Å². The molecule has 1 aromatic heterocycles. The highest BCUT2D eigenvalue weighted by atomic mass is 15.1. The van der Waals surface area contributed by atoms with E-state index >= 15 is 0 Å². The summed E-state index contributed by atoms with van der Waals surface area (Å²) in [6, 6.07) is 10.9. The van der Waals surface area contributed by atoms with Crippen molar-refractivity contribution < 1.29 is 4.57 Å². The highest BCUT2D eigenvalue weighted by Gasteiger charge is 2.22. The molecular weight excluding hydrogens is 448 g/mol. The Balaban J connectivity index is 1.62. The Bertz CT molecular complexity index is 735. The molecule has 0 amide bonds. The van der Waals surface area contributed by atoms with Crippen molar-refractivity contribution in [2.24, 2.45) is 0 Å². The number of unbranched alkanes of at least 4 members (excludes halogenated alkanes) is 18. The van der Waals surface area contributed by atoms with E-state index in [-0.39, 0.29) is 0 Å². The highest BCUT2D eigenvalue weighted by molar-refractivity contribution is 5.13.